The maximum Gasteiger partial charge on any atom is 0.167 e. The molecule has 220 valence electrons. The minimum absolute atomic E-state index is 0.563. The van der Waals surface area contributed by atoms with Crippen molar-refractivity contribution >= 4 is 32.7 Å². The van der Waals surface area contributed by atoms with Crippen molar-refractivity contribution in [3.8, 4) is 56.4 Å². The van der Waals surface area contributed by atoms with E-state index in [4.69, 9.17) is 19.4 Å². The van der Waals surface area contributed by atoms with Crippen molar-refractivity contribution in [1.82, 2.24) is 15.0 Å². The summed E-state index contributed by atoms with van der Waals surface area (Å²) < 4.78 is 6.44. The number of nitrogens with zero attached hydrogens (tertiary/aromatic N) is 3. The van der Waals surface area contributed by atoms with Crippen LogP contribution in [-0.4, -0.2) is 15.0 Å². The molecule has 0 unspecified atom stereocenters. The van der Waals surface area contributed by atoms with Crippen molar-refractivity contribution < 1.29 is 4.42 Å². The van der Waals surface area contributed by atoms with Gasteiger partial charge in [0, 0.05) is 21.9 Å². The molecule has 0 atom stereocenters. The van der Waals surface area contributed by atoms with Crippen LogP contribution in [0.3, 0.4) is 0 Å². The number of furan rings is 1. The van der Waals surface area contributed by atoms with E-state index in [0.29, 0.717) is 17.5 Å². The maximum atomic E-state index is 6.44. The van der Waals surface area contributed by atoms with E-state index in [-0.39, 0.29) is 0 Å². The molecule has 0 bridgehead atoms. The Morgan fingerprint density at radius 1 is 0.340 bits per heavy atom. The van der Waals surface area contributed by atoms with Crippen LogP contribution in [0.2, 0.25) is 0 Å². The third-order valence-corrected chi connectivity index (χ3v) is 8.74. The van der Waals surface area contributed by atoms with E-state index in [0.717, 1.165) is 60.9 Å². The van der Waals surface area contributed by atoms with E-state index in [9.17, 15) is 0 Å². The lowest BCUT2D eigenvalue weighted by molar-refractivity contribution is 0.669. The number of benzene rings is 7. The van der Waals surface area contributed by atoms with Crippen LogP contribution >= 0.6 is 0 Å². The highest BCUT2D eigenvalue weighted by Crippen LogP contribution is 2.38. The van der Waals surface area contributed by atoms with E-state index >= 15 is 0 Å². The topological polar surface area (TPSA) is 51.8 Å². The number of hydrogen-bond donors (Lipinski definition) is 0. The molecule has 4 heteroatoms. The summed E-state index contributed by atoms with van der Waals surface area (Å²) in [6.45, 7) is 0. The zero-order chi connectivity index (χ0) is 31.2. The first kappa shape index (κ1) is 27.0. The summed E-state index contributed by atoms with van der Waals surface area (Å²) in [6.07, 6.45) is 0. The summed E-state index contributed by atoms with van der Waals surface area (Å²) in [4.78, 5) is 15.4. The molecule has 0 radical (unpaired) electrons. The number of fused-ring (bicyclic) bond motifs is 4. The lowest BCUT2D eigenvalue weighted by Crippen LogP contribution is -2.01. The van der Waals surface area contributed by atoms with Crippen LogP contribution in [0.25, 0.3) is 89.1 Å². The van der Waals surface area contributed by atoms with Gasteiger partial charge in [-0.05, 0) is 57.3 Å². The summed E-state index contributed by atoms with van der Waals surface area (Å²) in [5, 5.41) is 4.49. The molecule has 0 spiro atoms. The zero-order valence-corrected chi connectivity index (χ0v) is 25.3. The normalized spacial score (nSPS) is 11.4. The van der Waals surface area contributed by atoms with Crippen LogP contribution in [0.4, 0.5) is 0 Å². The van der Waals surface area contributed by atoms with Crippen LogP contribution < -0.4 is 0 Å². The standard InChI is InChI=1S/C43H27N3O/c1-2-12-28(13-3-1)31-16-10-17-33(27-31)41-44-42(37-20-7-6-18-34(37)32-25-24-29-14-4-5-15-30(29)26-32)46-43(45-41)38-22-11-21-36-35-19-8-9-23-39(35)47-40(36)38/h1-27H. The summed E-state index contributed by atoms with van der Waals surface area (Å²) in [5.74, 6) is 1.77. The Morgan fingerprint density at radius 3 is 1.85 bits per heavy atom. The van der Waals surface area contributed by atoms with E-state index in [2.05, 4.69) is 121 Å². The smallest absolute Gasteiger partial charge is 0.167 e. The molecule has 0 saturated carbocycles. The fourth-order valence-corrected chi connectivity index (χ4v) is 6.42. The molecule has 0 aliphatic carbocycles. The molecule has 0 fully saturated rings. The minimum Gasteiger partial charge on any atom is -0.455 e. The Labute approximate surface area is 271 Å². The predicted molar refractivity (Wildman–Crippen MR) is 192 cm³/mol. The molecule has 0 aliphatic heterocycles. The lowest BCUT2D eigenvalue weighted by atomic mass is 9.96. The number of para-hydroxylation sites is 2. The molecule has 0 N–H and O–H groups in total. The van der Waals surface area contributed by atoms with Crippen molar-refractivity contribution in [2.24, 2.45) is 0 Å². The highest BCUT2D eigenvalue weighted by molar-refractivity contribution is 6.09. The van der Waals surface area contributed by atoms with Gasteiger partial charge in [0.1, 0.15) is 11.2 Å². The largest absolute Gasteiger partial charge is 0.455 e. The van der Waals surface area contributed by atoms with Crippen molar-refractivity contribution in [2.45, 2.75) is 0 Å². The van der Waals surface area contributed by atoms with E-state index < -0.39 is 0 Å². The predicted octanol–water partition coefficient (Wildman–Crippen LogP) is 11.3. The lowest BCUT2D eigenvalue weighted by Gasteiger charge is -2.13. The van der Waals surface area contributed by atoms with E-state index in [1.165, 1.54) is 10.8 Å². The molecule has 47 heavy (non-hydrogen) atoms. The second-order valence-corrected chi connectivity index (χ2v) is 11.6. The summed E-state index contributed by atoms with van der Waals surface area (Å²) in [5.41, 5.74) is 8.67. The Balaban J connectivity index is 1.28. The van der Waals surface area contributed by atoms with Crippen LogP contribution in [-0.2, 0) is 0 Å². The van der Waals surface area contributed by atoms with Gasteiger partial charge in [0.25, 0.3) is 0 Å². The highest BCUT2D eigenvalue weighted by atomic mass is 16.3. The highest BCUT2D eigenvalue weighted by Gasteiger charge is 2.19. The van der Waals surface area contributed by atoms with Gasteiger partial charge in [-0.1, -0.05) is 140 Å². The maximum absolute atomic E-state index is 6.44. The van der Waals surface area contributed by atoms with Gasteiger partial charge in [0.15, 0.2) is 17.5 Å². The summed E-state index contributed by atoms with van der Waals surface area (Å²) >= 11 is 0. The van der Waals surface area contributed by atoms with Crippen LogP contribution in [0.5, 0.6) is 0 Å². The molecular weight excluding hydrogens is 574 g/mol. The Kier molecular flexibility index (Phi) is 6.43. The fraction of sp³-hybridized carbons (Fsp3) is 0. The summed E-state index contributed by atoms with van der Waals surface area (Å²) in [7, 11) is 0. The van der Waals surface area contributed by atoms with E-state index in [1.807, 2.05) is 42.5 Å². The van der Waals surface area contributed by atoms with Crippen molar-refractivity contribution in [1.29, 1.82) is 0 Å². The van der Waals surface area contributed by atoms with Gasteiger partial charge in [-0.25, -0.2) is 15.0 Å². The zero-order valence-electron chi connectivity index (χ0n) is 25.3. The molecule has 9 aromatic rings. The fourth-order valence-electron chi connectivity index (χ4n) is 6.42. The first-order valence-electron chi connectivity index (χ1n) is 15.7. The first-order chi connectivity index (χ1) is 23.3. The molecule has 4 nitrogen and oxygen atoms in total. The summed E-state index contributed by atoms with van der Waals surface area (Å²) in [6, 6.07) is 56.4. The third kappa shape index (κ3) is 4.84. The molecule has 9 rings (SSSR count). The molecule has 0 amide bonds. The third-order valence-electron chi connectivity index (χ3n) is 8.74. The molecule has 7 aromatic carbocycles. The Morgan fingerprint density at radius 2 is 0.957 bits per heavy atom. The van der Waals surface area contributed by atoms with Crippen LogP contribution in [0.15, 0.2) is 168 Å². The van der Waals surface area contributed by atoms with Crippen LogP contribution in [0, 0.1) is 0 Å². The first-order valence-corrected chi connectivity index (χ1v) is 15.7. The SMILES string of the molecule is c1ccc(-c2cccc(-c3nc(-c4ccccc4-c4ccc5ccccc5c4)nc(-c4cccc5c4oc4ccccc45)n3)c2)cc1. The average molecular weight is 602 g/mol. The van der Waals surface area contributed by atoms with Gasteiger partial charge in [-0.2, -0.15) is 0 Å². The molecule has 0 saturated heterocycles. The molecule has 2 heterocycles. The van der Waals surface area contributed by atoms with Gasteiger partial charge >= 0.3 is 0 Å². The van der Waals surface area contributed by atoms with Gasteiger partial charge < -0.3 is 4.42 Å². The van der Waals surface area contributed by atoms with Crippen molar-refractivity contribution in [3.63, 3.8) is 0 Å². The van der Waals surface area contributed by atoms with Crippen molar-refractivity contribution in [2.75, 3.05) is 0 Å². The number of aromatic nitrogens is 3. The quantitative estimate of drug-likeness (QED) is 0.197. The number of rotatable bonds is 5. The molecule has 0 aliphatic rings. The second kappa shape index (κ2) is 11.2. The van der Waals surface area contributed by atoms with Gasteiger partial charge in [-0.15, -0.1) is 0 Å². The minimum atomic E-state index is 0.563. The van der Waals surface area contributed by atoms with Gasteiger partial charge in [-0.3, -0.25) is 0 Å². The molecule has 2 aromatic heterocycles. The average Bonchev–Trinajstić information content (AvgIpc) is 3.54. The van der Waals surface area contributed by atoms with Gasteiger partial charge in [0.2, 0.25) is 0 Å². The van der Waals surface area contributed by atoms with Gasteiger partial charge in [0.05, 0.1) is 5.56 Å². The van der Waals surface area contributed by atoms with Crippen LogP contribution in [0.1, 0.15) is 0 Å². The Bertz CT molecular complexity index is 2590. The van der Waals surface area contributed by atoms with E-state index in [1.54, 1.807) is 0 Å². The Hall–Kier alpha value is -6.39. The van der Waals surface area contributed by atoms with Crippen molar-refractivity contribution in [3.05, 3.63) is 164 Å². The molecular formula is C43H27N3O. The monoisotopic (exact) mass is 601 g/mol. The second-order valence-electron chi connectivity index (χ2n) is 11.6. The number of hydrogen-bond acceptors (Lipinski definition) is 4.